The summed E-state index contributed by atoms with van der Waals surface area (Å²) in [5.74, 6) is 0.0180. The van der Waals surface area contributed by atoms with Gasteiger partial charge in [-0.2, -0.15) is 0 Å². The molecule has 0 radical (unpaired) electrons. The summed E-state index contributed by atoms with van der Waals surface area (Å²) in [7, 11) is 1.63. The number of likely N-dealkylation sites (tertiary alicyclic amines) is 1. The summed E-state index contributed by atoms with van der Waals surface area (Å²) in [6.07, 6.45) is 2.12. The van der Waals surface area contributed by atoms with Gasteiger partial charge in [0.25, 0.3) is 11.5 Å². The van der Waals surface area contributed by atoms with Crippen LogP contribution in [0.3, 0.4) is 0 Å². The van der Waals surface area contributed by atoms with E-state index in [0.29, 0.717) is 21.2 Å². The third-order valence-electron chi connectivity index (χ3n) is 3.74. The van der Waals surface area contributed by atoms with Crippen LogP contribution in [0.1, 0.15) is 23.2 Å². The summed E-state index contributed by atoms with van der Waals surface area (Å²) in [5.41, 5.74) is 1.06. The van der Waals surface area contributed by atoms with E-state index in [4.69, 9.17) is 12.2 Å². The summed E-state index contributed by atoms with van der Waals surface area (Å²) < 4.78 is 1.74. The summed E-state index contributed by atoms with van der Waals surface area (Å²) in [5, 5.41) is 0.541. The minimum atomic E-state index is -0.149. The Morgan fingerprint density at radius 1 is 1.30 bits per heavy atom. The molecule has 0 aliphatic carbocycles. The van der Waals surface area contributed by atoms with Gasteiger partial charge in [0.15, 0.2) is 4.77 Å². The van der Waals surface area contributed by atoms with Gasteiger partial charge >= 0.3 is 0 Å². The molecule has 1 aromatic carbocycles. The molecule has 0 unspecified atom stereocenters. The maximum Gasteiger partial charge on any atom is 0.261 e. The van der Waals surface area contributed by atoms with Gasteiger partial charge in [-0.1, -0.05) is 0 Å². The number of rotatable bonds is 1. The highest BCUT2D eigenvalue weighted by Gasteiger charge is 2.19. The molecule has 0 atom stereocenters. The summed E-state index contributed by atoms with van der Waals surface area (Å²) >= 11 is 5.10. The second kappa shape index (κ2) is 4.86. The first-order valence-corrected chi connectivity index (χ1v) is 7.01. The molecule has 1 aliphatic rings. The highest BCUT2D eigenvalue weighted by molar-refractivity contribution is 7.71. The van der Waals surface area contributed by atoms with E-state index in [0.717, 1.165) is 25.9 Å². The lowest BCUT2D eigenvalue weighted by Gasteiger charge is -2.15. The first kappa shape index (κ1) is 13.1. The Balaban J connectivity index is 2.11. The molecule has 3 rings (SSSR count). The van der Waals surface area contributed by atoms with Crippen molar-refractivity contribution in [2.24, 2.45) is 7.05 Å². The second-order valence-corrected chi connectivity index (χ2v) is 5.44. The maximum atomic E-state index is 12.3. The Kier molecular flexibility index (Phi) is 3.17. The molecule has 1 aromatic heterocycles. The quantitative estimate of drug-likeness (QED) is 0.815. The number of fused-ring (bicyclic) bond motifs is 1. The standard InChI is InChI=1S/C14H15N3O2S/c1-16-13(19)10-5-4-9(8-11(10)15-14(16)20)12(18)17-6-2-3-7-17/h4-5,8H,2-3,6-7H2,1H3,(H,15,20). The van der Waals surface area contributed by atoms with Crippen LogP contribution in [0.25, 0.3) is 10.9 Å². The average Bonchev–Trinajstić information content (AvgIpc) is 2.97. The lowest BCUT2D eigenvalue weighted by atomic mass is 10.1. The number of H-pyrrole nitrogens is 1. The van der Waals surface area contributed by atoms with Crippen molar-refractivity contribution in [2.45, 2.75) is 12.8 Å². The van der Waals surface area contributed by atoms with E-state index in [1.165, 1.54) is 4.57 Å². The molecule has 6 heteroatoms. The largest absolute Gasteiger partial charge is 0.339 e. The molecule has 104 valence electrons. The third-order valence-corrected chi connectivity index (χ3v) is 4.12. The smallest absolute Gasteiger partial charge is 0.261 e. The van der Waals surface area contributed by atoms with Crippen molar-refractivity contribution in [2.75, 3.05) is 13.1 Å². The molecule has 20 heavy (non-hydrogen) atoms. The van der Waals surface area contributed by atoms with Gasteiger partial charge in [0.05, 0.1) is 10.9 Å². The molecule has 1 fully saturated rings. The van der Waals surface area contributed by atoms with E-state index >= 15 is 0 Å². The van der Waals surface area contributed by atoms with E-state index < -0.39 is 0 Å². The maximum absolute atomic E-state index is 12.3. The first-order chi connectivity index (χ1) is 9.58. The van der Waals surface area contributed by atoms with Crippen LogP contribution in [0.4, 0.5) is 0 Å². The normalized spacial score (nSPS) is 14.9. The zero-order chi connectivity index (χ0) is 14.3. The lowest BCUT2D eigenvalue weighted by molar-refractivity contribution is 0.0793. The molecular formula is C14H15N3O2S. The van der Waals surface area contributed by atoms with Gasteiger partial charge in [0.2, 0.25) is 0 Å². The van der Waals surface area contributed by atoms with Gasteiger partial charge in [0, 0.05) is 25.7 Å². The van der Waals surface area contributed by atoms with Gasteiger partial charge in [-0.15, -0.1) is 0 Å². The fraction of sp³-hybridized carbons (Fsp3) is 0.357. The second-order valence-electron chi connectivity index (χ2n) is 5.05. The van der Waals surface area contributed by atoms with Crippen molar-refractivity contribution in [3.8, 4) is 0 Å². The minimum absolute atomic E-state index is 0.0180. The molecule has 1 N–H and O–H groups in total. The third kappa shape index (κ3) is 2.06. The molecule has 2 aromatic rings. The van der Waals surface area contributed by atoms with Crippen LogP contribution < -0.4 is 5.56 Å². The topological polar surface area (TPSA) is 58.1 Å². The zero-order valence-corrected chi connectivity index (χ0v) is 12.0. The Morgan fingerprint density at radius 3 is 2.70 bits per heavy atom. The number of aromatic amines is 1. The van der Waals surface area contributed by atoms with Crippen molar-refractivity contribution in [3.63, 3.8) is 0 Å². The monoisotopic (exact) mass is 289 g/mol. The number of hydrogen-bond donors (Lipinski definition) is 1. The van der Waals surface area contributed by atoms with Crippen LogP contribution >= 0.6 is 12.2 Å². The van der Waals surface area contributed by atoms with Crippen LogP contribution in [-0.2, 0) is 7.05 Å². The fourth-order valence-corrected chi connectivity index (χ4v) is 2.73. The lowest BCUT2D eigenvalue weighted by Crippen LogP contribution is -2.27. The molecular weight excluding hydrogens is 274 g/mol. The van der Waals surface area contributed by atoms with E-state index in [2.05, 4.69) is 4.98 Å². The highest BCUT2D eigenvalue weighted by Crippen LogP contribution is 2.16. The van der Waals surface area contributed by atoms with Crippen LogP contribution in [0.15, 0.2) is 23.0 Å². The number of nitrogens with one attached hydrogen (secondary N) is 1. The summed E-state index contributed by atoms with van der Waals surface area (Å²) in [6.45, 7) is 1.62. The van der Waals surface area contributed by atoms with E-state index in [1.807, 2.05) is 4.90 Å². The van der Waals surface area contributed by atoms with E-state index in [-0.39, 0.29) is 11.5 Å². The van der Waals surface area contributed by atoms with Crippen LogP contribution in [0.2, 0.25) is 0 Å². The predicted octanol–water partition coefficient (Wildman–Crippen LogP) is 1.83. The zero-order valence-electron chi connectivity index (χ0n) is 11.2. The first-order valence-electron chi connectivity index (χ1n) is 6.60. The number of carbonyl (C=O) groups is 1. The number of benzene rings is 1. The molecule has 1 amide bonds. The van der Waals surface area contributed by atoms with Gasteiger partial charge in [-0.3, -0.25) is 14.2 Å². The molecule has 0 bridgehead atoms. The summed E-state index contributed by atoms with van der Waals surface area (Å²) in [6, 6.07) is 5.11. The predicted molar refractivity (Wildman–Crippen MR) is 79.5 cm³/mol. The fourth-order valence-electron chi connectivity index (χ4n) is 2.54. The Labute approximate surface area is 120 Å². The van der Waals surface area contributed by atoms with Crippen LogP contribution in [0.5, 0.6) is 0 Å². The number of aromatic nitrogens is 2. The van der Waals surface area contributed by atoms with Crippen molar-refractivity contribution in [1.82, 2.24) is 14.5 Å². The van der Waals surface area contributed by atoms with Gasteiger partial charge < -0.3 is 9.88 Å². The number of nitrogens with zero attached hydrogens (tertiary/aromatic N) is 2. The molecule has 2 heterocycles. The SMILES string of the molecule is Cn1c(=S)[nH]c2cc(C(=O)N3CCCC3)ccc2c1=O. The molecule has 0 saturated carbocycles. The van der Waals surface area contributed by atoms with Crippen molar-refractivity contribution in [1.29, 1.82) is 0 Å². The molecule has 5 nitrogen and oxygen atoms in total. The number of hydrogen-bond acceptors (Lipinski definition) is 3. The van der Waals surface area contributed by atoms with Crippen molar-refractivity contribution >= 4 is 29.0 Å². The van der Waals surface area contributed by atoms with E-state index in [1.54, 1.807) is 25.2 Å². The number of amides is 1. The molecule has 0 spiro atoms. The van der Waals surface area contributed by atoms with Crippen molar-refractivity contribution < 1.29 is 4.79 Å². The average molecular weight is 289 g/mol. The highest BCUT2D eigenvalue weighted by atomic mass is 32.1. The minimum Gasteiger partial charge on any atom is -0.339 e. The number of carbonyl (C=O) groups excluding carboxylic acids is 1. The summed E-state index contributed by atoms with van der Waals surface area (Å²) in [4.78, 5) is 29.2. The van der Waals surface area contributed by atoms with Crippen molar-refractivity contribution in [3.05, 3.63) is 38.9 Å². The Morgan fingerprint density at radius 2 is 2.00 bits per heavy atom. The van der Waals surface area contributed by atoms with Gasteiger partial charge in [0.1, 0.15) is 0 Å². The molecule has 1 aliphatic heterocycles. The van der Waals surface area contributed by atoms with E-state index in [9.17, 15) is 9.59 Å². The molecule has 1 saturated heterocycles. The Bertz CT molecular complexity index is 800. The van der Waals surface area contributed by atoms with Crippen LogP contribution in [-0.4, -0.2) is 33.4 Å². The van der Waals surface area contributed by atoms with Crippen LogP contribution in [0, 0.1) is 4.77 Å². The van der Waals surface area contributed by atoms with Gasteiger partial charge in [-0.05, 0) is 43.3 Å². The Hall–Kier alpha value is -1.95. The van der Waals surface area contributed by atoms with Gasteiger partial charge in [-0.25, -0.2) is 0 Å².